The molecule has 1 rings (SSSR count). The number of benzene rings is 1. The lowest BCUT2D eigenvalue weighted by Gasteiger charge is -2.12. The van der Waals surface area contributed by atoms with E-state index in [-0.39, 0.29) is 6.04 Å². The predicted octanol–water partition coefficient (Wildman–Crippen LogP) is 3.31. The van der Waals surface area contributed by atoms with E-state index in [4.69, 9.17) is 5.26 Å². The second-order valence-corrected chi connectivity index (χ2v) is 3.80. The molecule has 0 saturated carbocycles. The number of nitriles is 1. The Morgan fingerprint density at radius 3 is 2.93 bits per heavy atom. The van der Waals surface area contributed by atoms with Gasteiger partial charge in [0.05, 0.1) is 11.3 Å². The Morgan fingerprint density at radius 2 is 2.36 bits per heavy atom. The predicted molar refractivity (Wildman–Crippen MR) is 62.1 cm³/mol. The van der Waals surface area contributed by atoms with Gasteiger partial charge in [-0.1, -0.05) is 12.1 Å². The zero-order valence-corrected chi connectivity index (χ0v) is 9.51. The van der Waals surface area contributed by atoms with Gasteiger partial charge in [0.25, 0.3) is 0 Å². The Hall–Kier alpha value is -1.27. The summed E-state index contributed by atoms with van der Waals surface area (Å²) in [5.41, 5.74) is 1.45. The van der Waals surface area contributed by atoms with Crippen LogP contribution in [0.1, 0.15) is 12.5 Å². The van der Waals surface area contributed by atoms with Gasteiger partial charge in [0.1, 0.15) is 6.07 Å². The maximum absolute atomic E-state index is 8.94. The first kappa shape index (κ1) is 10.8. The van der Waals surface area contributed by atoms with Crippen LogP contribution >= 0.6 is 15.9 Å². The first-order valence-electron chi connectivity index (χ1n) is 4.26. The highest BCUT2D eigenvalue weighted by Gasteiger charge is 2.06. The van der Waals surface area contributed by atoms with Crippen molar-refractivity contribution < 1.29 is 0 Å². The highest BCUT2D eigenvalue weighted by Crippen LogP contribution is 2.24. The van der Waals surface area contributed by atoms with Crippen LogP contribution in [0.4, 0.5) is 5.69 Å². The van der Waals surface area contributed by atoms with E-state index in [1.165, 1.54) is 0 Å². The van der Waals surface area contributed by atoms with Gasteiger partial charge in [-0.15, -0.1) is 6.58 Å². The molecule has 2 nitrogen and oxygen atoms in total. The minimum absolute atomic E-state index is 0.149. The SMILES string of the molecule is C=CC(C)Nc1cccc(Br)c1C#N. The molecule has 0 aliphatic carbocycles. The molecule has 0 heterocycles. The summed E-state index contributed by atoms with van der Waals surface area (Å²) in [6, 6.07) is 7.92. The molecule has 0 bridgehead atoms. The van der Waals surface area contributed by atoms with E-state index in [0.29, 0.717) is 5.56 Å². The third kappa shape index (κ3) is 2.36. The first-order chi connectivity index (χ1) is 6.69. The number of nitrogens with zero attached hydrogens (tertiary/aromatic N) is 1. The lowest BCUT2D eigenvalue weighted by Crippen LogP contribution is -2.12. The van der Waals surface area contributed by atoms with Crippen molar-refractivity contribution in [3.63, 3.8) is 0 Å². The number of nitrogens with one attached hydrogen (secondary N) is 1. The van der Waals surface area contributed by atoms with E-state index in [0.717, 1.165) is 10.2 Å². The third-order valence-corrected chi connectivity index (χ3v) is 2.52. The normalized spacial score (nSPS) is 11.5. The number of anilines is 1. The van der Waals surface area contributed by atoms with Gasteiger partial charge in [0.2, 0.25) is 0 Å². The van der Waals surface area contributed by atoms with Gasteiger partial charge in [0.15, 0.2) is 0 Å². The second-order valence-electron chi connectivity index (χ2n) is 2.94. The van der Waals surface area contributed by atoms with Gasteiger partial charge in [-0.3, -0.25) is 0 Å². The first-order valence-corrected chi connectivity index (χ1v) is 5.06. The molecule has 1 aromatic carbocycles. The van der Waals surface area contributed by atoms with Crippen molar-refractivity contribution in [1.82, 2.24) is 0 Å². The minimum Gasteiger partial charge on any atom is -0.378 e. The Bertz CT molecular complexity index is 379. The van der Waals surface area contributed by atoms with Crippen molar-refractivity contribution in [3.05, 3.63) is 40.9 Å². The van der Waals surface area contributed by atoms with Crippen LogP contribution in [0.15, 0.2) is 35.3 Å². The van der Waals surface area contributed by atoms with E-state index in [9.17, 15) is 0 Å². The number of hydrogen-bond donors (Lipinski definition) is 1. The van der Waals surface area contributed by atoms with Crippen molar-refractivity contribution in [2.45, 2.75) is 13.0 Å². The fourth-order valence-corrected chi connectivity index (χ4v) is 1.52. The molecule has 0 amide bonds. The largest absolute Gasteiger partial charge is 0.378 e. The molecule has 1 unspecified atom stereocenters. The minimum atomic E-state index is 0.149. The number of hydrogen-bond acceptors (Lipinski definition) is 2. The molecular weight excluding hydrogens is 240 g/mol. The molecule has 1 N–H and O–H groups in total. The summed E-state index contributed by atoms with van der Waals surface area (Å²) < 4.78 is 0.807. The maximum atomic E-state index is 8.94. The number of halogens is 1. The summed E-state index contributed by atoms with van der Waals surface area (Å²) in [5, 5.41) is 12.1. The monoisotopic (exact) mass is 250 g/mol. The summed E-state index contributed by atoms with van der Waals surface area (Å²) in [4.78, 5) is 0. The van der Waals surface area contributed by atoms with Crippen LogP contribution in [0.2, 0.25) is 0 Å². The van der Waals surface area contributed by atoms with E-state index in [1.54, 1.807) is 6.08 Å². The summed E-state index contributed by atoms with van der Waals surface area (Å²) in [7, 11) is 0. The molecule has 0 aliphatic rings. The molecule has 3 heteroatoms. The average Bonchev–Trinajstić information content (AvgIpc) is 2.18. The van der Waals surface area contributed by atoms with Crippen molar-refractivity contribution >= 4 is 21.6 Å². The van der Waals surface area contributed by atoms with Crippen LogP contribution < -0.4 is 5.32 Å². The topological polar surface area (TPSA) is 35.8 Å². The Labute approximate surface area is 92.4 Å². The molecule has 0 aromatic heterocycles. The lowest BCUT2D eigenvalue weighted by atomic mass is 10.2. The molecule has 0 radical (unpaired) electrons. The van der Waals surface area contributed by atoms with E-state index in [2.05, 4.69) is 33.9 Å². The fourth-order valence-electron chi connectivity index (χ4n) is 1.06. The number of rotatable bonds is 3. The van der Waals surface area contributed by atoms with Crippen molar-refractivity contribution in [2.75, 3.05) is 5.32 Å². The highest BCUT2D eigenvalue weighted by atomic mass is 79.9. The van der Waals surface area contributed by atoms with Crippen molar-refractivity contribution in [2.24, 2.45) is 0 Å². The molecular formula is C11H11BrN2. The quantitative estimate of drug-likeness (QED) is 0.836. The Balaban J connectivity index is 3.03. The van der Waals surface area contributed by atoms with Gasteiger partial charge in [-0.05, 0) is 35.0 Å². The summed E-state index contributed by atoms with van der Waals surface area (Å²) in [6.07, 6.45) is 1.79. The molecule has 0 fully saturated rings. The maximum Gasteiger partial charge on any atom is 0.103 e. The summed E-state index contributed by atoms with van der Waals surface area (Å²) in [5.74, 6) is 0. The third-order valence-electron chi connectivity index (χ3n) is 1.86. The van der Waals surface area contributed by atoms with Crippen molar-refractivity contribution in [1.29, 1.82) is 5.26 Å². The highest BCUT2D eigenvalue weighted by molar-refractivity contribution is 9.10. The van der Waals surface area contributed by atoms with Crippen LogP contribution in [-0.4, -0.2) is 6.04 Å². The van der Waals surface area contributed by atoms with E-state index >= 15 is 0 Å². The molecule has 1 atom stereocenters. The molecule has 0 saturated heterocycles. The molecule has 1 aromatic rings. The molecule has 72 valence electrons. The molecule has 0 aliphatic heterocycles. The van der Waals surface area contributed by atoms with Crippen LogP contribution in [0.5, 0.6) is 0 Å². The van der Waals surface area contributed by atoms with Crippen LogP contribution in [0, 0.1) is 11.3 Å². The second kappa shape index (κ2) is 4.83. The van der Waals surface area contributed by atoms with Gasteiger partial charge in [-0.25, -0.2) is 0 Å². The summed E-state index contributed by atoms with van der Waals surface area (Å²) >= 11 is 3.33. The van der Waals surface area contributed by atoms with E-state index in [1.807, 2.05) is 25.1 Å². The Morgan fingerprint density at radius 1 is 1.64 bits per heavy atom. The van der Waals surface area contributed by atoms with Crippen LogP contribution in [0.3, 0.4) is 0 Å². The van der Waals surface area contributed by atoms with Crippen LogP contribution in [0.25, 0.3) is 0 Å². The zero-order valence-electron chi connectivity index (χ0n) is 7.92. The standard InChI is InChI=1S/C11H11BrN2/c1-3-8(2)14-11-6-4-5-10(12)9(11)7-13/h3-6,8,14H,1H2,2H3. The lowest BCUT2D eigenvalue weighted by molar-refractivity contribution is 0.999. The smallest absolute Gasteiger partial charge is 0.103 e. The Kier molecular flexibility index (Phi) is 3.73. The zero-order chi connectivity index (χ0) is 10.6. The van der Waals surface area contributed by atoms with Gasteiger partial charge >= 0.3 is 0 Å². The average molecular weight is 251 g/mol. The van der Waals surface area contributed by atoms with Gasteiger partial charge in [-0.2, -0.15) is 5.26 Å². The van der Waals surface area contributed by atoms with Crippen molar-refractivity contribution in [3.8, 4) is 6.07 Å². The molecule has 14 heavy (non-hydrogen) atoms. The van der Waals surface area contributed by atoms with E-state index < -0.39 is 0 Å². The summed E-state index contributed by atoms with van der Waals surface area (Å²) in [6.45, 7) is 5.66. The van der Waals surface area contributed by atoms with Crippen LogP contribution in [-0.2, 0) is 0 Å². The van der Waals surface area contributed by atoms with Gasteiger partial charge < -0.3 is 5.32 Å². The molecule has 0 spiro atoms. The fraction of sp³-hybridized carbons (Fsp3) is 0.182. The van der Waals surface area contributed by atoms with Gasteiger partial charge in [0, 0.05) is 10.5 Å².